The zero-order valence-corrected chi connectivity index (χ0v) is 11.5. The van der Waals surface area contributed by atoms with Gasteiger partial charge in [-0.15, -0.1) is 0 Å². The van der Waals surface area contributed by atoms with Gasteiger partial charge < -0.3 is 10.6 Å². The number of hydrogen-bond acceptors (Lipinski definition) is 3. The molecule has 3 nitrogen and oxygen atoms in total. The maximum absolute atomic E-state index is 13.4. The number of anilines is 1. The van der Waals surface area contributed by atoms with E-state index in [1.54, 1.807) is 6.07 Å². The van der Waals surface area contributed by atoms with Gasteiger partial charge in [-0.05, 0) is 43.5 Å². The number of hydrogen-bond donors (Lipinski definition) is 1. The van der Waals surface area contributed by atoms with Gasteiger partial charge in [0.2, 0.25) is 0 Å². The lowest BCUT2D eigenvalue weighted by molar-refractivity contribution is 0.248. The Bertz CT molecular complexity index is 449. The summed E-state index contributed by atoms with van der Waals surface area (Å²) < 4.78 is 13.4. The normalized spacial score (nSPS) is 22.6. The maximum Gasteiger partial charge on any atom is 0.123 e. The molecule has 1 unspecified atom stereocenters. The van der Waals surface area contributed by atoms with Crippen LogP contribution in [0, 0.1) is 5.82 Å². The second-order valence-corrected chi connectivity index (χ2v) is 5.75. The van der Waals surface area contributed by atoms with Crippen molar-refractivity contribution >= 4 is 5.69 Å². The fourth-order valence-electron chi connectivity index (χ4n) is 2.95. The lowest BCUT2D eigenvalue weighted by atomic mass is 10.0. The molecule has 2 N–H and O–H groups in total. The minimum Gasteiger partial charge on any atom is -0.369 e. The summed E-state index contributed by atoms with van der Waals surface area (Å²) in [7, 11) is 0. The number of nitrogens with zero attached hydrogens (tertiary/aromatic N) is 2. The minimum absolute atomic E-state index is 0.132. The highest BCUT2D eigenvalue weighted by molar-refractivity contribution is 5.55. The van der Waals surface area contributed by atoms with Crippen LogP contribution in [0.4, 0.5) is 10.1 Å². The highest BCUT2D eigenvalue weighted by Gasteiger charge is 2.31. The van der Waals surface area contributed by atoms with E-state index in [0.29, 0.717) is 0 Å². The molecule has 1 saturated heterocycles. The number of rotatable bonds is 3. The van der Waals surface area contributed by atoms with Crippen molar-refractivity contribution < 1.29 is 4.39 Å². The van der Waals surface area contributed by atoms with E-state index in [1.165, 1.54) is 18.9 Å². The molecule has 0 radical (unpaired) electrons. The van der Waals surface area contributed by atoms with Gasteiger partial charge in [0, 0.05) is 44.0 Å². The molecule has 1 aromatic rings. The Morgan fingerprint density at radius 3 is 2.47 bits per heavy atom. The van der Waals surface area contributed by atoms with Crippen molar-refractivity contribution in [2.45, 2.75) is 31.8 Å². The summed E-state index contributed by atoms with van der Waals surface area (Å²) in [6, 6.07) is 5.69. The zero-order chi connectivity index (χ0) is 13.4. The first kappa shape index (κ1) is 12.9. The molecule has 1 saturated carbocycles. The third-order valence-corrected chi connectivity index (χ3v) is 4.20. The van der Waals surface area contributed by atoms with Crippen LogP contribution in [0.1, 0.15) is 31.4 Å². The van der Waals surface area contributed by atoms with Crippen LogP contribution in [0.25, 0.3) is 0 Å². The predicted octanol–water partition coefficient (Wildman–Crippen LogP) is 2.13. The zero-order valence-electron chi connectivity index (χ0n) is 11.5. The molecule has 0 aromatic heterocycles. The van der Waals surface area contributed by atoms with Crippen molar-refractivity contribution in [3.05, 3.63) is 29.6 Å². The van der Waals surface area contributed by atoms with Gasteiger partial charge in [-0.25, -0.2) is 4.39 Å². The van der Waals surface area contributed by atoms with E-state index in [2.05, 4.69) is 9.80 Å². The molecule has 1 aliphatic carbocycles. The molecule has 1 atom stereocenters. The third kappa shape index (κ3) is 2.74. The summed E-state index contributed by atoms with van der Waals surface area (Å²) in [6.45, 7) is 6.17. The maximum atomic E-state index is 13.4. The lowest BCUT2D eigenvalue weighted by Crippen LogP contribution is -2.47. The second kappa shape index (κ2) is 5.10. The van der Waals surface area contributed by atoms with E-state index >= 15 is 0 Å². The molecular formula is C15H22FN3. The van der Waals surface area contributed by atoms with Crippen molar-refractivity contribution in [1.29, 1.82) is 0 Å². The quantitative estimate of drug-likeness (QED) is 0.906. The first-order chi connectivity index (χ1) is 9.15. The molecule has 0 amide bonds. The van der Waals surface area contributed by atoms with Gasteiger partial charge in [0.05, 0.1) is 0 Å². The number of benzene rings is 1. The third-order valence-electron chi connectivity index (χ3n) is 4.20. The van der Waals surface area contributed by atoms with E-state index in [0.717, 1.165) is 43.5 Å². The van der Waals surface area contributed by atoms with Crippen LogP contribution in [0.2, 0.25) is 0 Å². The SMILES string of the molecule is CC(N)c1cc(F)ccc1N1CCN(C2CC2)CC1. The van der Waals surface area contributed by atoms with Gasteiger partial charge in [0.15, 0.2) is 0 Å². The Labute approximate surface area is 114 Å². The molecule has 4 heteroatoms. The summed E-state index contributed by atoms with van der Waals surface area (Å²) in [5, 5.41) is 0. The summed E-state index contributed by atoms with van der Waals surface area (Å²) in [5.74, 6) is -0.201. The van der Waals surface area contributed by atoms with Crippen molar-refractivity contribution in [1.82, 2.24) is 4.90 Å². The second-order valence-electron chi connectivity index (χ2n) is 5.75. The van der Waals surface area contributed by atoms with Gasteiger partial charge in [-0.1, -0.05) is 0 Å². The van der Waals surface area contributed by atoms with Crippen molar-refractivity contribution in [2.75, 3.05) is 31.1 Å². The van der Waals surface area contributed by atoms with E-state index in [1.807, 2.05) is 13.0 Å². The molecule has 0 bridgehead atoms. The molecule has 3 rings (SSSR count). The average molecular weight is 263 g/mol. The first-order valence-electron chi connectivity index (χ1n) is 7.19. The summed E-state index contributed by atoms with van der Waals surface area (Å²) in [4.78, 5) is 4.92. The van der Waals surface area contributed by atoms with E-state index in [9.17, 15) is 4.39 Å². The molecule has 104 valence electrons. The van der Waals surface area contributed by atoms with Crippen LogP contribution in [-0.4, -0.2) is 37.1 Å². The van der Waals surface area contributed by atoms with E-state index < -0.39 is 0 Å². The molecule has 1 aliphatic heterocycles. The Kier molecular flexibility index (Phi) is 3.46. The Hall–Kier alpha value is -1.13. The van der Waals surface area contributed by atoms with Crippen LogP contribution in [0.15, 0.2) is 18.2 Å². The molecule has 1 aromatic carbocycles. The van der Waals surface area contributed by atoms with Crippen LogP contribution >= 0.6 is 0 Å². The smallest absolute Gasteiger partial charge is 0.123 e. The van der Waals surface area contributed by atoms with Crippen LogP contribution in [0.5, 0.6) is 0 Å². The van der Waals surface area contributed by atoms with Gasteiger partial charge in [0.1, 0.15) is 5.82 Å². The Morgan fingerprint density at radius 2 is 1.89 bits per heavy atom. The summed E-state index contributed by atoms with van der Waals surface area (Å²) in [5.41, 5.74) is 7.99. The standard InChI is InChI=1S/C15H22FN3/c1-11(17)14-10-12(16)2-5-15(14)19-8-6-18(7-9-19)13-3-4-13/h2,5,10-11,13H,3-4,6-9,17H2,1H3. The van der Waals surface area contributed by atoms with E-state index in [-0.39, 0.29) is 11.9 Å². The van der Waals surface area contributed by atoms with Crippen LogP contribution in [-0.2, 0) is 0 Å². The van der Waals surface area contributed by atoms with Crippen LogP contribution < -0.4 is 10.6 Å². The van der Waals surface area contributed by atoms with Gasteiger partial charge in [-0.2, -0.15) is 0 Å². The lowest BCUT2D eigenvalue weighted by Gasteiger charge is -2.37. The monoisotopic (exact) mass is 263 g/mol. The first-order valence-corrected chi connectivity index (χ1v) is 7.19. The average Bonchev–Trinajstić information content (AvgIpc) is 3.23. The highest BCUT2D eigenvalue weighted by atomic mass is 19.1. The Morgan fingerprint density at radius 1 is 1.21 bits per heavy atom. The minimum atomic E-state index is -0.201. The number of halogens is 1. The summed E-state index contributed by atoms with van der Waals surface area (Å²) >= 11 is 0. The van der Waals surface area contributed by atoms with Crippen molar-refractivity contribution in [3.8, 4) is 0 Å². The fourth-order valence-corrected chi connectivity index (χ4v) is 2.95. The predicted molar refractivity (Wildman–Crippen MR) is 75.8 cm³/mol. The van der Waals surface area contributed by atoms with E-state index in [4.69, 9.17) is 5.73 Å². The fraction of sp³-hybridized carbons (Fsp3) is 0.600. The topological polar surface area (TPSA) is 32.5 Å². The number of nitrogens with two attached hydrogens (primary N) is 1. The van der Waals surface area contributed by atoms with Gasteiger partial charge in [0.25, 0.3) is 0 Å². The Balaban J connectivity index is 1.75. The molecule has 2 aliphatic rings. The molecule has 2 fully saturated rings. The molecular weight excluding hydrogens is 241 g/mol. The van der Waals surface area contributed by atoms with Gasteiger partial charge in [-0.3, -0.25) is 4.90 Å². The number of piperazine rings is 1. The highest BCUT2D eigenvalue weighted by Crippen LogP contribution is 2.31. The van der Waals surface area contributed by atoms with Gasteiger partial charge >= 0.3 is 0 Å². The molecule has 0 spiro atoms. The summed E-state index contributed by atoms with van der Waals surface area (Å²) in [6.07, 6.45) is 2.73. The van der Waals surface area contributed by atoms with Crippen LogP contribution in [0.3, 0.4) is 0 Å². The molecule has 1 heterocycles. The van der Waals surface area contributed by atoms with Crippen molar-refractivity contribution in [2.24, 2.45) is 5.73 Å². The molecule has 19 heavy (non-hydrogen) atoms. The largest absolute Gasteiger partial charge is 0.369 e. The van der Waals surface area contributed by atoms with Crippen molar-refractivity contribution in [3.63, 3.8) is 0 Å².